The molecule has 128 valence electrons. The van der Waals surface area contributed by atoms with Crippen LogP contribution in [0.2, 0.25) is 0 Å². The van der Waals surface area contributed by atoms with Crippen molar-refractivity contribution in [3.05, 3.63) is 41.6 Å². The first-order chi connectivity index (χ1) is 11.3. The second kappa shape index (κ2) is 7.39. The van der Waals surface area contributed by atoms with Gasteiger partial charge >= 0.3 is 6.18 Å². The summed E-state index contributed by atoms with van der Waals surface area (Å²) in [6.07, 6.45) is -0.151. The van der Waals surface area contributed by atoms with Crippen LogP contribution in [-0.4, -0.2) is 23.4 Å². The zero-order valence-corrected chi connectivity index (χ0v) is 13.2. The maximum atomic E-state index is 13.0. The van der Waals surface area contributed by atoms with Crippen molar-refractivity contribution in [2.45, 2.75) is 38.4 Å². The van der Waals surface area contributed by atoms with E-state index in [0.717, 1.165) is 31.9 Å². The summed E-state index contributed by atoms with van der Waals surface area (Å²) in [6, 6.07) is 6.66. The van der Waals surface area contributed by atoms with Gasteiger partial charge in [0.15, 0.2) is 0 Å². The van der Waals surface area contributed by atoms with Crippen molar-refractivity contribution < 1.29 is 18.0 Å². The molecule has 0 radical (unpaired) electrons. The zero-order valence-electron chi connectivity index (χ0n) is 13.2. The Bertz CT molecular complexity index is 676. The van der Waals surface area contributed by atoms with E-state index in [9.17, 15) is 23.2 Å². The first-order valence-electron chi connectivity index (χ1n) is 7.68. The normalized spacial score (nSPS) is 18.9. The molecule has 1 aliphatic rings. The number of likely N-dealkylation sites (tertiary alicyclic amines) is 1. The fourth-order valence-corrected chi connectivity index (χ4v) is 2.65. The highest BCUT2D eigenvalue weighted by Gasteiger charge is 2.33. The monoisotopic (exact) mass is 337 g/mol. The molecular formula is C17H18F3N3O. The predicted molar refractivity (Wildman–Crippen MR) is 83.8 cm³/mol. The SMILES string of the molecule is CC1CCCCN1/C=C(/C#N)C(=O)Nc1ccccc1C(F)(F)F. The Morgan fingerprint density at radius 2 is 2.08 bits per heavy atom. The number of hydrogen-bond donors (Lipinski definition) is 1. The van der Waals surface area contributed by atoms with Crippen LogP contribution in [0.5, 0.6) is 0 Å². The van der Waals surface area contributed by atoms with Crippen LogP contribution in [0.4, 0.5) is 18.9 Å². The molecule has 7 heteroatoms. The van der Waals surface area contributed by atoms with E-state index in [1.807, 2.05) is 11.8 Å². The average molecular weight is 337 g/mol. The lowest BCUT2D eigenvalue weighted by Crippen LogP contribution is -2.34. The molecule has 0 aromatic heterocycles. The quantitative estimate of drug-likeness (QED) is 0.672. The lowest BCUT2D eigenvalue weighted by molar-refractivity contribution is -0.137. The Balaban J connectivity index is 2.21. The van der Waals surface area contributed by atoms with E-state index in [-0.39, 0.29) is 17.3 Å². The number of carbonyl (C=O) groups is 1. The van der Waals surface area contributed by atoms with Crippen LogP contribution in [0.25, 0.3) is 0 Å². The number of benzene rings is 1. The van der Waals surface area contributed by atoms with Gasteiger partial charge in [-0.1, -0.05) is 12.1 Å². The number of amides is 1. The minimum atomic E-state index is -4.58. The highest BCUT2D eigenvalue weighted by atomic mass is 19.4. The number of nitrogens with zero attached hydrogens (tertiary/aromatic N) is 2. The molecule has 0 saturated carbocycles. The van der Waals surface area contributed by atoms with E-state index < -0.39 is 17.6 Å². The average Bonchev–Trinajstić information content (AvgIpc) is 2.53. The molecule has 1 unspecified atom stereocenters. The maximum absolute atomic E-state index is 13.0. The lowest BCUT2D eigenvalue weighted by Gasteiger charge is -2.32. The van der Waals surface area contributed by atoms with Crippen molar-refractivity contribution in [3.8, 4) is 6.07 Å². The Kier molecular flexibility index (Phi) is 5.50. The first kappa shape index (κ1) is 17.9. The Hall–Kier alpha value is -2.49. The second-order valence-corrected chi connectivity index (χ2v) is 5.73. The number of carbonyl (C=O) groups excluding carboxylic acids is 1. The number of nitriles is 1. The molecule has 0 aliphatic carbocycles. The van der Waals surface area contributed by atoms with Crippen LogP contribution in [0, 0.1) is 11.3 Å². The van der Waals surface area contributed by atoms with Crippen molar-refractivity contribution in [2.24, 2.45) is 0 Å². The van der Waals surface area contributed by atoms with Gasteiger partial charge in [0.2, 0.25) is 0 Å². The molecule has 1 N–H and O–H groups in total. The molecule has 2 rings (SSSR count). The summed E-state index contributed by atoms with van der Waals surface area (Å²) < 4.78 is 38.9. The number of rotatable bonds is 3. The summed E-state index contributed by atoms with van der Waals surface area (Å²) in [6.45, 7) is 2.71. The van der Waals surface area contributed by atoms with Crippen molar-refractivity contribution >= 4 is 11.6 Å². The molecule has 1 aromatic rings. The van der Waals surface area contributed by atoms with E-state index in [1.165, 1.54) is 24.4 Å². The van der Waals surface area contributed by atoms with Gasteiger partial charge in [0.1, 0.15) is 11.6 Å². The summed E-state index contributed by atoms with van der Waals surface area (Å²) >= 11 is 0. The summed E-state index contributed by atoms with van der Waals surface area (Å²) in [4.78, 5) is 14.1. The van der Waals surface area contributed by atoms with Gasteiger partial charge < -0.3 is 10.2 Å². The number of para-hydroxylation sites is 1. The largest absolute Gasteiger partial charge is 0.418 e. The van der Waals surface area contributed by atoms with Crippen LogP contribution in [0.15, 0.2) is 36.0 Å². The molecule has 1 aromatic carbocycles. The summed E-state index contributed by atoms with van der Waals surface area (Å²) in [5, 5.41) is 11.4. The molecule has 4 nitrogen and oxygen atoms in total. The summed E-state index contributed by atoms with van der Waals surface area (Å²) in [5.74, 6) is -0.841. The predicted octanol–water partition coefficient (Wildman–Crippen LogP) is 3.93. The number of alkyl halides is 3. The number of halogens is 3. The molecule has 1 fully saturated rings. The van der Waals surface area contributed by atoms with Crippen molar-refractivity contribution in [1.29, 1.82) is 5.26 Å². The molecule has 1 amide bonds. The molecule has 1 heterocycles. The van der Waals surface area contributed by atoms with Crippen LogP contribution in [0.3, 0.4) is 0 Å². The van der Waals surface area contributed by atoms with Crippen molar-refractivity contribution in [2.75, 3.05) is 11.9 Å². The Labute approximate surface area is 138 Å². The van der Waals surface area contributed by atoms with Gasteiger partial charge in [0.25, 0.3) is 5.91 Å². The lowest BCUT2D eigenvalue weighted by atomic mass is 10.0. The standard InChI is InChI=1S/C17H18F3N3O/c1-12-6-4-5-9-23(12)11-13(10-21)16(24)22-15-8-3-2-7-14(15)17(18,19)20/h2-3,7-8,11-12H,4-6,9H2,1H3,(H,22,24)/b13-11-. The molecule has 24 heavy (non-hydrogen) atoms. The Morgan fingerprint density at radius 3 is 2.71 bits per heavy atom. The van der Waals surface area contributed by atoms with Gasteiger partial charge in [0.05, 0.1) is 11.3 Å². The van der Waals surface area contributed by atoms with E-state index in [4.69, 9.17) is 0 Å². The van der Waals surface area contributed by atoms with E-state index >= 15 is 0 Å². The van der Waals surface area contributed by atoms with Gasteiger partial charge in [0, 0.05) is 18.8 Å². The van der Waals surface area contributed by atoms with Gasteiger partial charge in [-0.2, -0.15) is 18.4 Å². The summed E-state index contributed by atoms with van der Waals surface area (Å²) in [7, 11) is 0. The molecule has 0 spiro atoms. The highest BCUT2D eigenvalue weighted by Crippen LogP contribution is 2.34. The van der Waals surface area contributed by atoms with E-state index in [1.54, 1.807) is 6.07 Å². The second-order valence-electron chi connectivity index (χ2n) is 5.73. The smallest absolute Gasteiger partial charge is 0.373 e. The molecule has 1 saturated heterocycles. The highest BCUT2D eigenvalue weighted by molar-refractivity contribution is 6.06. The topological polar surface area (TPSA) is 56.1 Å². The molecule has 1 aliphatic heterocycles. The number of hydrogen-bond acceptors (Lipinski definition) is 3. The number of nitrogens with one attached hydrogen (secondary N) is 1. The van der Waals surface area contributed by atoms with Gasteiger partial charge in [-0.25, -0.2) is 0 Å². The molecular weight excluding hydrogens is 319 g/mol. The maximum Gasteiger partial charge on any atom is 0.418 e. The van der Waals surface area contributed by atoms with E-state index in [2.05, 4.69) is 5.32 Å². The number of piperidine rings is 1. The molecule has 0 bridgehead atoms. The van der Waals surface area contributed by atoms with Crippen LogP contribution >= 0.6 is 0 Å². The van der Waals surface area contributed by atoms with Crippen molar-refractivity contribution in [3.63, 3.8) is 0 Å². The van der Waals surface area contributed by atoms with E-state index in [0.29, 0.717) is 0 Å². The van der Waals surface area contributed by atoms with Crippen LogP contribution in [-0.2, 0) is 11.0 Å². The van der Waals surface area contributed by atoms with Crippen LogP contribution in [0.1, 0.15) is 31.7 Å². The minimum Gasteiger partial charge on any atom is -0.373 e. The fraction of sp³-hybridized carbons (Fsp3) is 0.412. The summed E-state index contributed by atoms with van der Waals surface area (Å²) in [5.41, 5.74) is -1.51. The molecule has 1 atom stereocenters. The van der Waals surface area contributed by atoms with Gasteiger partial charge in [-0.3, -0.25) is 4.79 Å². The zero-order chi connectivity index (χ0) is 17.7. The van der Waals surface area contributed by atoms with Gasteiger partial charge in [-0.05, 0) is 38.3 Å². The third-order valence-electron chi connectivity index (χ3n) is 4.00. The Morgan fingerprint density at radius 1 is 1.38 bits per heavy atom. The first-order valence-corrected chi connectivity index (χ1v) is 7.68. The number of anilines is 1. The van der Waals surface area contributed by atoms with Crippen molar-refractivity contribution in [1.82, 2.24) is 4.90 Å². The van der Waals surface area contributed by atoms with Gasteiger partial charge in [-0.15, -0.1) is 0 Å². The minimum absolute atomic E-state index is 0.192. The third-order valence-corrected chi connectivity index (χ3v) is 4.00. The fourth-order valence-electron chi connectivity index (χ4n) is 2.65. The third kappa shape index (κ3) is 4.28. The van der Waals surface area contributed by atoms with Crippen LogP contribution < -0.4 is 5.32 Å².